The summed E-state index contributed by atoms with van der Waals surface area (Å²) in [6, 6.07) is 3.03. The smallest absolute Gasteiger partial charge is 0.416 e. The fourth-order valence-electron chi connectivity index (χ4n) is 1.57. The van der Waals surface area contributed by atoms with Crippen molar-refractivity contribution < 1.29 is 9.53 Å². The maximum Gasteiger partial charge on any atom is 0.416 e. The van der Waals surface area contributed by atoms with Crippen molar-refractivity contribution in [3.63, 3.8) is 0 Å². The van der Waals surface area contributed by atoms with Crippen LogP contribution in [0.4, 0.5) is 16.3 Å². The Balaban J connectivity index is 2.23. The van der Waals surface area contributed by atoms with Crippen LogP contribution in [0.25, 0.3) is 0 Å². The molecule has 0 bridgehead atoms. The van der Waals surface area contributed by atoms with Gasteiger partial charge in [-0.15, -0.1) is 4.91 Å². The number of hydrogen-bond donors (Lipinski definition) is 1. The number of ether oxygens (including phenoxy) is 1. The molecule has 17 heavy (non-hydrogen) atoms. The number of nitroso groups, excluding NO2 is 1. The number of rotatable bonds is 3. The van der Waals surface area contributed by atoms with Gasteiger partial charge in [-0.3, -0.25) is 4.90 Å². The zero-order chi connectivity index (χ0) is 12.5. The lowest BCUT2D eigenvalue weighted by molar-refractivity contribution is 0.0789. The van der Waals surface area contributed by atoms with Gasteiger partial charge in [0.1, 0.15) is 17.1 Å². The van der Waals surface area contributed by atoms with Gasteiger partial charge in [0.15, 0.2) is 0 Å². The van der Waals surface area contributed by atoms with Crippen LogP contribution < -0.4 is 10.6 Å². The molecule has 0 saturated carbocycles. The topological polar surface area (TPSA) is 97.9 Å². The molecular weight excluding hydrogens is 224 g/mol. The van der Waals surface area contributed by atoms with E-state index in [1.54, 1.807) is 13.0 Å². The molecule has 7 heteroatoms. The lowest BCUT2D eigenvalue weighted by Gasteiger charge is -2.18. The molecule has 0 aliphatic carbocycles. The zero-order valence-electron chi connectivity index (χ0n) is 9.29. The Morgan fingerprint density at radius 3 is 2.88 bits per heavy atom. The van der Waals surface area contributed by atoms with Crippen LogP contribution in [-0.2, 0) is 4.74 Å². The highest BCUT2D eigenvalue weighted by atomic mass is 16.6. The summed E-state index contributed by atoms with van der Waals surface area (Å²) in [5.74, 6) is 0.416. The highest BCUT2D eigenvalue weighted by Crippen LogP contribution is 2.26. The maximum atomic E-state index is 11.6. The van der Waals surface area contributed by atoms with E-state index in [-0.39, 0.29) is 12.2 Å². The number of amides is 1. The Morgan fingerprint density at radius 2 is 2.41 bits per heavy atom. The van der Waals surface area contributed by atoms with Crippen molar-refractivity contribution in [2.24, 2.45) is 10.9 Å². The standard InChI is InChI=1S/C10H12N4O3/c1-10(5-11)6-14(9(15)17-10)8-3-2-7(13-16)4-12-8/h2-4H,5-6,11H2,1H3. The summed E-state index contributed by atoms with van der Waals surface area (Å²) in [7, 11) is 0. The first-order chi connectivity index (χ1) is 8.08. The van der Waals surface area contributed by atoms with Crippen molar-refractivity contribution in [1.82, 2.24) is 4.98 Å². The largest absolute Gasteiger partial charge is 0.440 e. The second-order valence-corrected chi connectivity index (χ2v) is 4.07. The number of hydrogen-bond acceptors (Lipinski definition) is 6. The minimum Gasteiger partial charge on any atom is -0.440 e. The van der Waals surface area contributed by atoms with Crippen LogP contribution in [0.2, 0.25) is 0 Å². The molecule has 1 aromatic rings. The average Bonchev–Trinajstić information content (AvgIpc) is 2.66. The molecule has 90 valence electrons. The van der Waals surface area contributed by atoms with Gasteiger partial charge < -0.3 is 10.5 Å². The van der Waals surface area contributed by atoms with Crippen LogP contribution in [0, 0.1) is 4.91 Å². The molecule has 0 radical (unpaired) electrons. The minimum absolute atomic E-state index is 0.211. The quantitative estimate of drug-likeness (QED) is 0.794. The van der Waals surface area contributed by atoms with Gasteiger partial charge in [0.2, 0.25) is 0 Å². The van der Waals surface area contributed by atoms with Gasteiger partial charge in [0.25, 0.3) is 0 Å². The van der Waals surface area contributed by atoms with E-state index in [9.17, 15) is 9.70 Å². The Kier molecular flexibility index (Phi) is 2.76. The van der Waals surface area contributed by atoms with Gasteiger partial charge in [-0.25, -0.2) is 9.78 Å². The van der Waals surface area contributed by atoms with Crippen LogP contribution >= 0.6 is 0 Å². The lowest BCUT2D eigenvalue weighted by Crippen LogP contribution is -2.38. The predicted octanol–water partition coefficient (Wildman–Crippen LogP) is 1.15. The summed E-state index contributed by atoms with van der Waals surface area (Å²) in [6.07, 6.45) is 0.811. The van der Waals surface area contributed by atoms with Crippen molar-refractivity contribution in [3.05, 3.63) is 23.2 Å². The predicted molar refractivity (Wildman–Crippen MR) is 61.0 cm³/mol. The van der Waals surface area contributed by atoms with E-state index in [4.69, 9.17) is 10.5 Å². The Morgan fingerprint density at radius 1 is 1.65 bits per heavy atom. The number of cyclic esters (lactones) is 1. The number of carbonyl (C=O) groups is 1. The van der Waals surface area contributed by atoms with Crippen molar-refractivity contribution in [1.29, 1.82) is 0 Å². The molecule has 0 spiro atoms. The number of aromatic nitrogens is 1. The van der Waals surface area contributed by atoms with Gasteiger partial charge >= 0.3 is 6.09 Å². The fourth-order valence-corrected chi connectivity index (χ4v) is 1.57. The molecule has 2 N–H and O–H groups in total. The zero-order valence-corrected chi connectivity index (χ0v) is 9.29. The molecule has 7 nitrogen and oxygen atoms in total. The van der Waals surface area contributed by atoms with E-state index in [1.165, 1.54) is 17.2 Å². The Labute approximate surface area is 97.5 Å². The number of nitrogens with two attached hydrogens (primary N) is 1. The van der Waals surface area contributed by atoms with Crippen LogP contribution in [0.15, 0.2) is 23.5 Å². The summed E-state index contributed by atoms with van der Waals surface area (Å²) < 4.78 is 5.16. The fraction of sp³-hybridized carbons (Fsp3) is 0.400. The van der Waals surface area contributed by atoms with Gasteiger partial charge in [-0.05, 0) is 24.2 Å². The minimum atomic E-state index is -0.694. The molecule has 2 rings (SSSR count). The third kappa shape index (κ3) is 2.09. The number of carbonyl (C=O) groups excluding carboxylic acids is 1. The van der Waals surface area contributed by atoms with Crippen LogP contribution in [0.5, 0.6) is 0 Å². The molecule has 1 saturated heterocycles. The van der Waals surface area contributed by atoms with E-state index < -0.39 is 11.7 Å². The molecule has 2 heterocycles. The summed E-state index contributed by atoms with van der Waals surface area (Å²) >= 11 is 0. The highest BCUT2D eigenvalue weighted by molar-refractivity contribution is 5.89. The lowest BCUT2D eigenvalue weighted by atomic mass is 10.1. The van der Waals surface area contributed by atoms with Gasteiger partial charge in [0, 0.05) is 6.54 Å². The summed E-state index contributed by atoms with van der Waals surface area (Å²) in [6.45, 7) is 2.33. The van der Waals surface area contributed by atoms with Crippen LogP contribution in [0.1, 0.15) is 6.92 Å². The Hall–Kier alpha value is -2.02. The van der Waals surface area contributed by atoms with Gasteiger partial charge in [0.05, 0.1) is 12.7 Å². The first kappa shape index (κ1) is 11.5. The normalized spacial score (nSPS) is 23.6. The average molecular weight is 236 g/mol. The van der Waals surface area contributed by atoms with E-state index in [0.29, 0.717) is 12.4 Å². The van der Waals surface area contributed by atoms with E-state index in [1.807, 2.05) is 0 Å². The molecule has 1 fully saturated rings. The number of pyridine rings is 1. The summed E-state index contributed by atoms with van der Waals surface area (Å²) in [4.78, 5) is 27.2. The van der Waals surface area contributed by atoms with Crippen molar-refractivity contribution >= 4 is 17.6 Å². The van der Waals surface area contributed by atoms with Crippen molar-refractivity contribution in [3.8, 4) is 0 Å². The first-order valence-electron chi connectivity index (χ1n) is 5.08. The second-order valence-electron chi connectivity index (χ2n) is 4.07. The molecule has 1 aliphatic rings. The van der Waals surface area contributed by atoms with Crippen molar-refractivity contribution in [2.45, 2.75) is 12.5 Å². The highest BCUT2D eigenvalue weighted by Gasteiger charge is 2.41. The number of nitrogens with zero attached hydrogens (tertiary/aromatic N) is 3. The van der Waals surface area contributed by atoms with Crippen LogP contribution in [-0.4, -0.2) is 29.8 Å². The van der Waals surface area contributed by atoms with E-state index in [2.05, 4.69) is 10.2 Å². The molecule has 1 amide bonds. The maximum absolute atomic E-state index is 11.6. The molecule has 1 aliphatic heterocycles. The molecule has 1 atom stereocenters. The third-order valence-corrected chi connectivity index (χ3v) is 2.59. The molecule has 1 aromatic heterocycles. The van der Waals surface area contributed by atoms with Crippen molar-refractivity contribution in [2.75, 3.05) is 18.0 Å². The summed E-state index contributed by atoms with van der Waals surface area (Å²) in [5.41, 5.74) is 5.05. The van der Waals surface area contributed by atoms with Gasteiger partial charge in [-0.1, -0.05) is 0 Å². The van der Waals surface area contributed by atoms with Gasteiger partial charge in [-0.2, -0.15) is 0 Å². The van der Waals surface area contributed by atoms with Crippen LogP contribution in [0.3, 0.4) is 0 Å². The second kappa shape index (κ2) is 4.10. The molecule has 1 unspecified atom stereocenters. The monoisotopic (exact) mass is 236 g/mol. The molecular formula is C10H12N4O3. The van der Waals surface area contributed by atoms with E-state index >= 15 is 0 Å². The third-order valence-electron chi connectivity index (χ3n) is 2.59. The Bertz CT molecular complexity index is 447. The summed E-state index contributed by atoms with van der Waals surface area (Å²) in [5, 5.41) is 2.73. The first-order valence-corrected chi connectivity index (χ1v) is 5.08. The van der Waals surface area contributed by atoms with E-state index in [0.717, 1.165) is 0 Å². The molecule has 0 aromatic carbocycles. The number of anilines is 1. The SMILES string of the molecule is CC1(CN)CN(c2ccc(N=O)cn2)C(=O)O1.